The summed E-state index contributed by atoms with van der Waals surface area (Å²) in [5, 5.41) is 15.9. The van der Waals surface area contributed by atoms with Crippen LogP contribution in [0.2, 0.25) is 5.02 Å². The molecule has 0 spiro atoms. The first-order valence-electron chi connectivity index (χ1n) is 18.1. The average molecular weight is 818 g/mol. The predicted octanol–water partition coefficient (Wildman–Crippen LogP) is 5.61. The van der Waals surface area contributed by atoms with E-state index in [0.717, 1.165) is 20.3 Å². The summed E-state index contributed by atoms with van der Waals surface area (Å²) in [5.74, 6) is 4.81. The van der Waals surface area contributed by atoms with Crippen LogP contribution in [0.1, 0.15) is 48.1 Å². The number of nitriles is 1. The fraction of sp³-hybridized carbons (Fsp3) is 0.385. The molecule has 3 aliphatic heterocycles. The molecule has 6 heterocycles. The lowest BCUT2D eigenvalue weighted by Crippen LogP contribution is -2.55. The number of likely N-dealkylation sites (tertiary alicyclic amines) is 1. The second-order valence-electron chi connectivity index (χ2n) is 14.6. The second kappa shape index (κ2) is 14.3. The van der Waals surface area contributed by atoms with E-state index in [2.05, 4.69) is 32.9 Å². The Hall–Kier alpha value is -4.71. The zero-order valence-corrected chi connectivity index (χ0v) is 33.5. The molecule has 8 rings (SSSR count). The minimum Gasteiger partial charge on any atom is -0.355 e. The Bertz CT molecular complexity index is 2670. The lowest BCUT2D eigenvalue weighted by atomic mass is 9.85. The van der Waals surface area contributed by atoms with Crippen LogP contribution in [-0.2, 0) is 16.8 Å². The van der Waals surface area contributed by atoms with Gasteiger partial charge in [0.1, 0.15) is 23.1 Å². The number of benzene rings is 1. The molecule has 0 radical (unpaired) electrons. The molecule has 4 aliphatic rings. The van der Waals surface area contributed by atoms with E-state index in [0.29, 0.717) is 70.6 Å². The van der Waals surface area contributed by atoms with Gasteiger partial charge in [0.15, 0.2) is 0 Å². The van der Waals surface area contributed by atoms with Crippen molar-refractivity contribution in [2.24, 2.45) is 0 Å². The van der Waals surface area contributed by atoms with Crippen LogP contribution >= 0.6 is 23.4 Å². The van der Waals surface area contributed by atoms with Gasteiger partial charge in [-0.2, -0.15) is 23.1 Å². The average Bonchev–Trinajstić information content (AvgIpc) is 3.81. The predicted molar refractivity (Wildman–Crippen MR) is 215 cm³/mol. The Morgan fingerprint density at radius 1 is 1.14 bits per heavy atom. The maximum Gasteiger partial charge on any atom is 0.307 e. The first-order chi connectivity index (χ1) is 26.7. The van der Waals surface area contributed by atoms with Crippen molar-refractivity contribution in [2.45, 2.75) is 57.2 Å². The van der Waals surface area contributed by atoms with E-state index in [1.165, 1.54) is 40.9 Å². The molecule has 4 aromatic rings. The number of hydrogen-bond donors (Lipinski definition) is 0. The van der Waals surface area contributed by atoms with Crippen LogP contribution in [-0.4, -0.2) is 99.1 Å². The quantitative estimate of drug-likeness (QED) is 0.219. The van der Waals surface area contributed by atoms with Crippen LogP contribution in [0.25, 0.3) is 22.1 Å². The highest BCUT2D eigenvalue weighted by atomic mass is 35.5. The molecule has 0 amide bonds. The number of piperidine rings is 1. The first-order valence-corrected chi connectivity index (χ1v) is 20.9. The lowest BCUT2D eigenvalue weighted by Gasteiger charge is -2.46. The van der Waals surface area contributed by atoms with Gasteiger partial charge >= 0.3 is 10.2 Å². The van der Waals surface area contributed by atoms with Gasteiger partial charge in [-0.05, 0) is 50.1 Å². The molecular weight excluding hydrogens is 780 g/mol. The Balaban J connectivity index is 1.13. The fourth-order valence-corrected chi connectivity index (χ4v) is 10.2. The van der Waals surface area contributed by atoms with E-state index in [4.69, 9.17) is 11.6 Å². The van der Waals surface area contributed by atoms with Crippen molar-refractivity contribution < 1.29 is 17.2 Å². The molecule has 0 unspecified atom stereocenters. The number of anilines is 1. The van der Waals surface area contributed by atoms with E-state index in [9.17, 15) is 27.3 Å². The monoisotopic (exact) mass is 817 g/mol. The van der Waals surface area contributed by atoms with Gasteiger partial charge in [0.05, 0.1) is 35.0 Å². The summed E-state index contributed by atoms with van der Waals surface area (Å²) in [6, 6.07) is 9.27. The Kier molecular flexibility index (Phi) is 9.78. The molecule has 0 N–H and O–H groups in total. The standard InChI is InChI=1S/C39H38ClF2N9O3S2/c1-24-18-34-49(13-5-6-25-7-8-26(40)19-30(25)29-11-16-50(56(53,54)46(2)3)32-12-17-55-36(29)32)38(52)35-31(22-43)37(44-23-33(35)51(34)45-24)47(4)27-9-14-48(15-10-27)28-20-39(41,42)21-28/h7-8,11-12,16,18-19,23,27-28H,9-10,13-15,17,20-21H2,1-4H3. The highest BCUT2D eigenvalue weighted by Gasteiger charge is 2.48. The van der Waals surface area contributed by atoms with Gasteiger partial charge in [0.2, 0.25) is 0 Å². The molecule has 56 heavy (non-hydrogen) atoms. The van der Waals surface area contributed by atoms with Crippen molar-refractivity contribution in [1.82, 2.24) is 32.7 Å². The van der Waals surface area contributed by atoms with Crippen LogP contribution in [0.4, 0.5) is 14.6 Å². The molecule has 1 saturated heterocycles. The van der Waals surface area contributed by atoms with Crippen molar-refractivity contribution in [3.63, 3.8) is 0 Å². The highest BCUT2D eigenvalue weighted by Crippen LogP contribution is 2.45. The molecular formula is C39H38ClF2N9O3S2. The number of aromatic nitrogens is 4. The maximum absolute atomic E-state index is 14.5. The van der Waals surface area contributed by atoms with Crippen molar-refractivity contribution in [3.05, 3.63) is 97.2 Å². The summed E-state index contributed by atoms with van der Waals surface area (Å²) in [6.07, 6.45) is 7.96. The van der Waals surface area contributed by atoms with E-state index >= 15 is 0 Å². The molecule has 1 aliphatic carbocycles. The molecule has 3 aromatic heterocycles. The largest absolute Gasteiger partial charge is 0.355 e. The van der Waals surface area contributed by atoms with Gasteiger partial charge in [0.25, 0.3) is 11.5 Å². The number of rotatable bonds is 7. The van der Waals surface area contributed by atoms with Gasteiger partial charge < -0.3 is 4.90 Å². The third kappa shape index (κ3) is 6.57. The molecule has 1 saturated carbocycles. The molecule has 0 bridgehead atoms. The highest BCUT2D eigenvalue weighted by molar-refractivity contribution is 8.04. The topological polar surface area (TPSA) is 123 Å². The van der Waals surface area contributed by atoms with Crippen molar-refractivity contribution >= 4 is 61.5 Å². The van der Waals surface area contributed by atoms with Gasteiger partial charge in [0, 0.05) is 104 Å². The normalized spacial score (nSPS) is 18.9. The number of aryl methyl sites for hydroxylation is 1. The van der Waals surface area contributed by atoms with Crippen molar-refractivity contribution in [2.75, 3.05) is 44.9 Å². The number of thioether (sulfide) groups is 1. The zero-order valence-electron chi connectivity index (χ0n) is 31.1. The number of pyridine rings is 1. The smallest absolute Gasteiger partial charge is 0.307 e. The van der Waals surface area contributed by atoms with Gasteiger partial charge in [-0.25, -0.2) is 22.6 Å². The number of hydrogen-bond acceptors (Lipinski definition) is 9. The summed E-state index contributed by atoms with van der Waals surface area (Å²) in [5.41, 5.74) is 3.98. The molecule has 12 nitrogen and oxygen atoms in total. The molecule has 290 valence electrons. The summed E-state index contributed by atoms with van der Waals surface area (Å²) < 4.78 is 58.8. The molecule has 0 atom stereocenters. The zero-order chi connectivity index (χ0) is 39.7. The van der Waals surface area contributed by atoms with Gasteiger partial charge in [-0.15, -0.1) is 11.8 Å². The first kappa shape index (κ1) is 38.2. The second-order valence-corrected chi connectivity index (χ2v) is 18.1. The third-order valence-corrected chi connectivity index (χ3v) is 14.0. The number of fused-ring (bicyclic) bond motifs is 4. The maximum atomic E-state index is 14.5. The lowest BCUT2D eigenvalue weighted by molar-refractivity contribution is -0.127. The Morgan fingerprint density at radius 3 is 2.59 bits per heavy atom. The number of allylic oxidation sites excluding steroid dienone is 2. The summed E-state index contributed by atoms with van der Waals surface area (Å²) in [4.78, 5) is 24.0. The molecule has 1 aromatic carbocycles. The number of halogens is 3. The van der Waals surface area contributed by atoms with Gasteiger partial charge in [-0.1, -0.05) is 23.4 Å². The van der Waals surface area contributed by atoms with Crippen LogP contribution in [0, 0.1) is 30.1 Å². The molecule has 2 fully saturated rings. The Morgan fingerprint density at radius 2 is 1.89 bits per heavy atom. The van der Waals surface area contributed by atoms with Gasteiger partial charge in [-0.3, -0.25) is 14.3 Å². The third-order valence-electron chi connectivity index (χ3n) is 10.9. The van der Waals surface area contributed by atoms with E-state index < -0.39 is 21.7 Å². The van der Waals surface area contributed by atoms with Crippen LogP contribution < -0.4 is 10.5 Å². The van der Waals surface area contributed by atoms with E-state index in [-0.39, 0.29) is 42.4 Å². The minimum atomic E-state index is -3.76. The Labute approximate surface area is 332 Å². The van der Waals surface area contributed by atoms with Crippen LogP contribution in [0.3, 0.4) is 0 Å². The SMILES string of the molecule is Cc1cc2n(CC#Cc3ccc(Cl)cc3C3=C4SCC=C4N(S(=O)(=O)N(C)C)C=C3)c(=O)c3c(C#N)c(N(C)C4CCN(C5CC(F)(F)C5)CC4)ncc3n2n1. The van der Waals surface area contributed by atoms with Crippen molar-refractivity contribution in [1.29, 1.82) is 5.26 Å². The van der Waals surface area contributed by atoms with E-state index in [1.54, 1.807) is 41.1 Å². The minimum absolute atomic E-state index is 0.00549. The number of nitrogens with zero attached hydrogens (tertiary/aromatic N) is 9. The van der Waals surface area contributed by atoms with Crippen LogP contribution in [0.5, 0.6) is 0 Å². The summed E-state index contributed by atoms with van der Waals surface area (Å²) >= 11 is 8.02. The summed E-state index contributed by atoms with van der Waals surface area (Å²) in [6.45, 7) is 3.13. The van der Waals surface area contributed by atoms with Crippen molar-refractivity contribution in [3.8, 4) is 17.9 Å². The number of alkyl halides is 2. The summed E-state index contributed by atoms with van der Waals surface area (Å²) in [7, 11) is 1.07. The van der Waals surface area contributed by atoms with E-state index in [1.807, 2.05) is 24.9 Å². The fourth-order valence-electron chi connectivity index (χ4n) is 7.91. The molecule has 17 heteroatoms. The van der Waals surface area contributed by atoms with Crippen LogP contribution in [0.15, 0.2) is 64.2 Å².